The number of nitrogens with zero attached hydrogens (tertiary/aromatic N) is 1. The molecule has 1 saturated heterocycles. The van der Waals surface area contributed by atoms with E-state index in [0.717, 1.165) is 43.9 Å². The maximum atomic E-state index is 12.9. The first kappa shape index (κ1) is 24.6. The largest absolute Gasteiger partial charge is 0.492 e. The maximum Gasteiger partial charge on any atom is 0.252 e. The molecule has 3 aromatic rings. The van der Waals surface area contributed by atoms with Crippen LogP contribution in [-0.2, 0) is 11.3 Å². The number of likely N-dealkylation sites (N-methyl/N-ethyl adjacent to an activating group) is 1. The molecular formula is C29H32N2O4. The van der Waals surface area contributed by atoms with Crippen LogP contribution in [0.4, 0.5) is 0 Å². The van der Waals surface area contributed by atoms with Crippen LogP contribution in [0.1, 0.15) is 44.7 Å². The molecule has 1 aliphatic heterocycles. The number of carbonyl (C=O) groups excluding carboxylic acids is 2. The van der Waals surface area contributed by atoms with Crippen LogP contribution in [0.2, 0.25) is 0 Å². The van der Waals surface area contributed by atoms with Gasteiger partial charge in [0.25, 0.3) is 5.91 Å². The lowest BCUT2D eigenvalue weighted by Crippen LogP contribution is -2.38. The number of amides is 1. The highest BCUT2D eigenvalue weighted by atomic mass is 16.5. The molecule has 0 saturated carbocycles. The van der Waals surface area contributed by atoms with Crippen LogP contribution in [0.15, 0.2) is 78.9 Å². The molecule has 1 aliphatic rings. The first-order chi connectivity index (χ1) is 17.1. The number of carbonyl (C=O) groups is 2. The van der Waals surface area contributed by atoms with E-state index in [2.05, 4.69) is 17.3 Å². The molecule has 6 nitrogen and oxygen atoms in total. The van der Waals surface area contributed by atoms with Gasteiger partial charge in [0.2, 0.25) is 0 Å². The SMILES string of the molecule is CN(CCOc1cccc(CNC(=O)c2ccccc2C(=O)c2ccccc2)c1)C1CCOCC1. The van der Waals surface area contributed by atoms with Crippen LogP contribution < -0.4 is 10.1 Å². The van der Waals surface area contributed by atoms with Crippen molar-refractivity contribution in [2.24, 2.45) is 0 Å². The van der Waals surface area contributed by atoms with Gasteiger partial charge in [-0.1, -0.05) is 60.7 Å². The average molecular weight is 473 g/mol. The maximum absolute atomic E-state index is 12.9. The summed E-state index contributed by atoms with van der Waals surface area (Å²) < 4.78 is 11.4. The van der Waals surface area contributed by atoms with Crippen LogP contribution in [0.5, 0.6) is 5.75 Å². The molecule has 1 fully saturated rings. The van der Waals surface area contributed by atoms with Gasteiger partial charge in [0, 0.05) is 43.5 Å². The van der Waals surface area contributed by atoms with Crippen LogP contribution in [-0.4, -0.2) is 56.0 Å². The van der Waals surface area contributed by atoms with Crippen LogP contribution in [0.25, 0.3) is 0 Å². The van der Waals surface area contributed by atoms with E-state index < -0.39 is 0 Å². The van der Waals surface area contributed by atoms with Crippen molar-refractivity contribution in [3.8, 4) is 5.75 Å². The van der Waals surface area contributed by atoms with Crippen molar-refractivity contribution in [3.05, 3.63) is 101 Å². The highest BCUT2D eigenvalue weighted by molar-refractivity contribution is 6.15. The van der Waals surface area contributed by atoms with Crippen LogP contribution >= 0.6 is 0 Å². The molecule has 6 heteroatoms. The molecule has 1 N–H and O–H groups in total. The number of hydrogen-bond donors (Lipinski definition) is 1. The quantitative estimate of drug-likeness (QED) is 0.445. The summed E-state index contributed by atoms with van der Waals surface area (Å²) in [6.07, 6.45) is 2.12. The van der Waals surface area contributed by atoms with Crippen molar-refractivity contribution in [1.29, 1.82) is 0 Å². The van der Waals surface area contributed by atoms with Gasteiger partial charge in [-0.15, -0.1) is 0 Å². The third-order valence-corrected chi connectivity index (χ3v) is 6.33. The van der Waals surface area contributed by atoms with Gasteiger partial charge in [-0.2, -0.15) is 0 Å². The Kier molecular flexibility index (Phi) is 8.65. The molecule has 0 bridgehead atoms. The molecule has 1 heterocycles. The third-order valence-electron chi connectivity index (χ3n) is 6.33. The fraction of sp³-hybridized carbons (Fsp3) is 0.310. The molecule has 3 aromatic carbocycles. The van der Waals surface area contributed by atoms with Gasteiger partial charge >= 0.3 is 0 Å². The Hall–Kier alpha value is -3.48. The first-order valence-electron chi connectivity index (χ1n) is 12.1. The van der Waals surface area contributed by atoms with Crippen molar-refractivity contribution < 1.29 is 19.1 Å². The van der Waals surface area contributed by atoms with Crippen molar-refractivity contribution in [3.63, 3.8) is 0 Å². The van der Waals surface area contributed by atoms with E-state index in [9.17, 15) is 9.59 Å². The summed E-state index contributed by atoms with van der Waals surface area (Å²) in [6, 6.07) is 24.2. The van der Waals surface area contributed by atoms with E-state index in [1.165, 1.54) is 0 Å². The fourth-order valence-electron chi connectivity index (χ4n) is 4.26. The number of ketones is 1. The summed E-state index contributed by atoms with van der Waals surface area (Å²) in [5.74, 6) is 0.323. The third kappa shape index (κ3) is 6.78. The first-order valence-corrected chi connectivity index (χ1v) is 12.1. The van der Waals surface area contributed by atoms with Gasteiger partial charge in [0.15, 0.2) is 5.78 Å². The molecule has 0 unspecified atom stereocenters. The molecule has 0 radical (unpaired) electrons. The molecule has 0 aromatic heterocycles. The zero-order valence-corrected chi connectivity index (χ0v) is 20.1. The van der Waals surface area contributed by atoms with Gasteiger partial charge in [0.05, 0.1) is 5.56 Å². The second-order valence-corrected chi connectivity index (χ2v) is 8.74. The van der Waals surface area contributed by atoms with Crippen LogP contribution in [0.3, 0.4) is 0 Å². The molecule has 4 rings (SSSR count). The van der Waals surface area contributed by atoms with E-state index in [1.807, 2.05) is 42.5 Å². The summed E-state index contributed by atoms with van der Waals surface area (Å²) in [7, 11) is 2.13. The molecule has 182 valence electrons. The van der Waals surface area contributed by atoms with Crippen molar-refractivity contribution in [2.45, 2.75) is 25.4 Å². The number of hydrogen-bond acceptors (Lipinski definition) is 5. The lowest BCUT2D eigenvalue weighted by atomic mass is 9.98. The number of benzene rings is 3. The molecular weight excluding hydrogens is 440 g/mol. The zero-order valence-electron chi connectivity index (χ0n) is 20.1. The number of nitrogens with one attached hydrogen (secondary N) is 1. The minimum absolute atomic E-state index is 0.169. The topological polar surface area (TPSA) is 67.9 Å². The average Bonchev–Trinajstić information content (AvgIpc) is 2.92. The molecule has 0 aliphatic carbocycles. The van der Waals surface area contributed by atoms with Gasteiger partial charge in [-0.25, -0.2) is 0 Å². The molecule has 0 spiro atoms. The molecule has 0 atom stereocenters. The standard InChI is InChI=1S/C29H32N2O4/c1-31(24-14-17-34-18-15-24)16-19-35-25-11-7-8-22(20-25)21-30-29(33)27-13-6-5-12-26(27)28(32)23-9-3-2-4-10-23/h2-13,20,24H,14-19,21H2,1H3,(H,30,33). The predicted octanol–water partition coefficient (Wildman–Crippen LogP) is 4.34. The zero-order chi connectivity index (χ0) is 24.5. The van der Waals surface area contributed by atoms with E-state index >= 15 is 0 Å². The lowest BCUT2D eigenvalue weighted by molar-refractivity contribution is 0.0392. The Morgan fingerprint density at radius 1 is 0.943 bits per heavy atom. The summed E-state index contributed by atoms with van der Waals surface area (Å²) in [5.41, 5.74) is 2.24. The van der Waals surface area contributed by atoms with Crippen molar-refractivity contribution >= 4 is 11.7 Å². The summed E-state index contributed by atoms with van der Waals surface area (Å²) in [6.45, 7) is 3.44. The lowest BCUT2D eigenvalue weighted by Gasteiger charge is -2.31. The van der Waals surface area contributed by atoms with Gasteiger partial charge in [-0.3, -0.25) is 14.5 Å². The Morgan fingerprint density at radius 3 is 2.43 bits per heavy atom. The van der Waals surface area contributed by atoms with Gasteiger partial charge < -0.3 is 14.8 Å². The van der Waals surface area contributed by atoms with E-state index in [-0.39, 0.29) is 11.7 Å². The Bertz CT molecular complexity index is 1130. The molecule has 35 heavy (non-hydrogen) atoms. The second kappa shape index (κ2) is 12.3. The minimum atomic E-state index is -0.283. The monoisotopic (exact) mass is 472 g/mol. The van der Waals surface area contributed by atoms with Gasteiger partial charge in [0.1, 0.15) is 12.4 Å². The minimum Gasteiger partial charge on any atom is -0.492 e. The van der Waals surface area contributed by atoms with E-state index in [0.29, 0.717) is 35.9 Å². The summed E-state index contributed by atoms with van der Waals surface area (Å²) >= 11 is 0. The molecule has 1 amide bonds. The van der Waals surface area contributed by atoms with E-state index in [4.69, 9.17) is 9.47 Å². The van der Waals surface area contributed by atoms with E-state index in [1.54, 1.807) is 36.4 Å². The highest BCUT2D eigenvalue weighted by Crippen LogP contribution is 2.17. The second-order valence-electron chi connectivity index (χ2n) is 8.74. The highest BCUT2D eigenvalue weighted by Gasteiger charge is 2.19. The smallest absolute Gasteiger partial charge is 0.252 e. The van der Waals surface area contributed by atoms with Crippen LogP contribution in [0, 0.1) is 0 Å². The Balaban J connectivity index is 1.32. The predicted molar refractivity (Wildman–Crippen MR) is 136 cm³/mol. The summed E-state index contributed by atoms with van der Waals surface area (Å²) in [4.78, 5) is 28.2. The Morgan fingerprint density at radius 2 is 1.66 bits per heavy atom. The summed E-state index contributed by atoms with van der Waals surface area (Å²) in [5, 5.41) is 2.94. The Labute approximate surface area is 206 Å². The normalized spacial score (nSPS) is 14.0. The number of ether oxygens (including phenoxy) is 2. The fourth-order valence-corrected chi connectivity index (χ4v) is 4.26. The van der Waals surface area contributed by atoms with Gasteiger partial charge in [-0.05, 0) is 43.7 Å². The number of rotatable bonds is 10. The van der Waals surface area contributed by atoms with Crippen molar-refractivity contribution in [1.82, 2.24) is 10.2 Å². The van der Waals surface area contributed by atoms with Crippen molar-refractivity contribution in [2.75, 3.05) is 33.4 Å².